The van der Waals surface area contributed by atoms with Crippen LogP contribution in [0.3, 0.4) is 0 Å². The van der Waals surface area contributed by atoms with Gasteiger partial charge in [-0.25, -0.2) is 14.6 Å². The number of likely N-dealkylation sites (tertiary alicyclic amines) is 1. The van der Waals surface area contributed by atoms with Crippen LogP contribution in [0, 0.1) is 5.92 Å². The van der Waals surface area contributed by atoms with Gasteiger partial charge in [-0.15, -0.1) is 0 Å². The lowest BCUT2D eigenvalue weighted by molar-refractivity contribution is -0.171. The summed E-state index contributed by atoms with van der Waals surface area (Å²) in [5.41, 5.74) is 5.88. The largest absolute Gasteiger partial charge is 0.497 e. The van der Waals surface area contributed by atoms with Gasteiger partial charge in [0, 0.05) is 29.5 Å². The number of rotatable bonds is 8. The Kier molecular flexibility index (Phi) is 8.77. The van der Waals surface area contributed by atoms with Gasteiger partial charge >= 0.3 is 11.9 Å². The van der Waals surface area contributed by atoms with Crippen LogP contribution >= 0.6 is 0 Å². The van der Waals surface area contributed by atoms with Gasteiger partial charge in [0.05, 0.1) is 32.0 Å². The minimum absolute atomic E-state index is 0.00765. The normalized spacial score (nSPS) is 18.5. The highest BCUT2D eigenvalue weighted by atomic mass is 16.6. The molecule has 0 radical (unpaired) electrons. The van der Waals surface area contributed by atoms with Crippen molar-refractivity contribution in [3.63, 3.8) is 0 Å². The molecule has 1 amide bonds. The first-order valence-electron chi connectivity index (χ1n) is 13.9. The number of hydrogen-bond donors (Lipinski definition) is 1. The zero-order chi connectivity index (χ0) is 30.8. The number of pyridine rings is 1. The molecule has 10 nitrogen and oxygen atoms in total. The molecule has 1 saturated heterocycles. The Morgan fingerprint density at radius 3 is 2.31 bits per heavy atom. The number of methoxy groups -OCH3 is 2. The Hall–Kier alpha value is -4.18. The average molecular weight is 578 g/mol. The fourth-order valence-corrected chi connectivity index (χ4v) is 4.97. The Morgan fingerprint density at radius 1 is 1.02 bits per heavy atom. The molecule has 0 saturated carbocycles. The van der Waals surface area contributed by atoms with Crippen LogP contribution in [0.2, 0.25) is 0 Å². The second-order valence-corrected chi connectivity index (χ2v) is 11.8. The summed E-state index contributed by atoms with van der Waals surface area (Å²) in [5.74, 6) is -1.65. The predicted octanol–water partition coefficient (Wildman–Crippen LogP) is 4.13. The number of benzene rings is 2. The third-order valence-electron chi connectivity index (χ3n) is 7.34. The predicted molar refractivity (Wildman–Crippen MR) is 158 cm³/mol. The third kappa shape index (κ3) is 6.18. The maximum atomic E-state index is 14.0. The van der Waals surface area contributed by atoms with Gasteiger partial charge in [0.1, 0.15) is 29.2 Å². The van der Waals surface area contributed by atoms with Gasteiger partial charge in [0.2, 0.25) is 0 Å². The van der Waals surface area contributed by atoms with Crippen LogP contribution in [0.5, 0.6) is 11.5 Å². The summed E-state index contributed by atoms with van der Waals surface area (Å²) in [5, 5.41) is 0.735. The first kappa shape index (κ1) is 30.8. The van der Waals surface area contributed by atoms with Crippen LogP contribution in [0.1, 0.15) is 41.0 Å². The van der Waals surface area contributed by atoms with E-state index >= 15 is 0 Å². The van der Waals surface area contributed by atoms with Gasteiger partial charge in [0.15, 0.2) is 5.54 Å². The highest BCUT2D eigenvalue weighted by Crippen LogP contribution is 2.35. The van der Waals surface area contributed by atoms with E-state index < -0.39 is 47.0 Å². The van der Waals surface area contributed by atoms with Gasteiger partial charge in [0.25, 0.3) is 5.91 Å². The summed E-state index contributed by atoms with van der Waals surface area (Å²) in [6.07, 6.45) is -0.467. The summed E-state index contributed by atoms with van der Waals surface area (Å²) in [7, 11) is 2.84. The molecule has 2 N–H and O–H groups in total. The van der Waals surface area contributed by atoms with E-state index in [1.54, 1.807) is 41.7 Å². The summed E-state index contributed by atoms with van der Waals surface area (Å²) in [6, 6.07) is 16.0. The molecule has 0 spiro atoms. The van der Waals surface area contributed by atoms with Crippen molar-refractivity contribution < 1.29 is 33.3 Å². The van der Waals surface area contributed by atoms with E-state index in [9.17, 15) is 14.4 Å². The second-order valence-electron chi connectivity index (χ2n) is 11.8. The van der Waals surface area contributed by atoms with Gasteiger partial charge in [-0.2, -0.15) is 0 Å². The zero-order valence-corrected chi connectivity index (χ0v) is 25.2. The lowest BCUT2D eigenvalue weighted by Gasteiger charge is -2.37. The molecule has 1 aliphatic rings. The fraction of sp³-hybridized carbons (Fsp3) is 0.438. The fourth-order valence-electron chi connectivity index (χ4n) is 4.97. The maximum absolute atomic E-state index is 14.0. The molecule has 2 aromatic carbocycles. The topological polar surface area (TPSA) is 130 Å². The average Bonchev–Trinajstić information content (AvgIpc) is 3.38. The molecule has 42 heavy (non-hydrogen) atoms. The Bertz CT molecular complexity index is 1470. The van der Waals surface area contributed by atoms with E-state index in [2.05, 4.69) is 0 Å². The standard InChI is InChI=1S/C32H39N3O7/c1-19(2)32(33,30(38)42-31(3,4)5)29(37)35-18-22(16-26(35)28(36)40-7)41-27-17-24(20-11-9-8-10-12-20)34-25-15-21(39-6)13-14-23(25)27/h8-15,17,19,22,26H,16,18,33H2,1-7H3. The van der Waals surface area contributed by atoms with Crippen LogP contribution in [0.15, 0.2) is 54.6 Å². The van der Waals surface area contributed by atoms with Crippen molar-refractivity contribution in [1.82, 2.24) is 9.88 Å². The minimum Gasteiger partial charge on any atom is -0.497 e. The molecule has 1 fully saturated rings. The van der Waals surface area contributed by atoms with E-state index in [0.29, 0.717) is 22.7 Å². The molecule has 3 atom stereocenters. The van der Waals surface area contributed by atoms with Crippen molar-refractivity contribution in [3.05, 3.63) is 54.6 Å². The lowest BCUT2D eigenvalue weighted by Crippen LogP contribution is -2.66. The molecular weight excluding hydrogens is 538 g/mol. The van der Waals surface area contributed by atoms with Crippen molar-refractivity contribution in [2.45, 2.75) is 64.3 Å². The van der Waals surface area contributed by atoms with Crippen LogP contribution in [-0.2, 0) is 23.9 Å². The summed E-state index contributed by atoms with van der Waals surface area (Å²) in [4.78, 5) is 46.2. The number of carbonyl (C=O) groups excluding carboxylic acids is 3. The van der Waals surface area contributed by atoms with Crippen LogP contribution in [0.4, 0.5) is 0 Å². The van der Waals surface area contributed by atoms with Crippen LogP contribution < -0.4 is 15.2 Å². The van der Waals surface area contributed by atoms with Gasteiger partial charge < -0.3 is 29.6 Å². The lowest BCUT2D eigenvalue weighted by atomic mass is 9.85. The summed E-state index contributed by atoms with van der Waals surface area (Å²) in [6.45, 7) is 8.44. The molecule has 1 aromatic heterocycles. The SMILES string of the molecule is COC(=O)C1CC(Oc2cc(-c3ccccc3)nc3cc(OC)ccc23)CN1C(=O)C(N)(C(=O)OC(C)(C)C)C(C)C. The maximum Gasteiger partial charge on any atom is 0.336 e. The highest BCUT2D eigenvalue weighted by molar-refractivity contribution is 6.08. The zero-order valence-electron chi connectivity index (χ0n) is 25.2. The van der Waals surface area contributed by atoms with E-state index in [1.165, 1.54) is 12.0 Å². The minimum atomic E-state index is -2.02. The molecule has 0 bridgehead atoms. The number of nitrogens with two attached hydrogens (primary N) is 1. The Morgan fingerprint density at radius 2 is 1.71 bits per heavy atom. The number of aromatic nitrogens is 1. The monoisotopic (exact) mass is 577 g/mol. The number of nitrogens with zero attached hydrogens (tertiary/aromatic N) is 2. The molecule has 3 unspecified atom stereocenters. The van der Waals surface area contributed by atoms with Crippen LogP contribution in [-0.4, -0.2) is 71.8 Å². The number of fused-ring (bicyclic) bond motifs is 1. The van der Waals surface area contributed by atoms with Crippen molar-refractivity contribution in [1.29, 1.82) is 0 Å². The third-order valence-corrected chi connectivity index (χ3v) is 7.34. The quantitative estimate of drug-likeness (QED) is 0.310. The van der Waals surface area contributed by atoms with E-state index in [1.807, 2.05) is 54.6 Å². The molecule has 0 aliphatic carbocycles. The van der Waals surface area contributed by atoms with Crippen molar-refractivity contribution in [2.24, 2.45) is 11.7 Å². The van der Waals surface area contributed by atoms with Crippen molar-refractivity contribution in [3.8, 4) is 22.8 Å². The molecule has 224 valence electrons. The number of hydrogen-bond acceptors (Lipinski definition) is 9. The van der Waals surface area contributed by atoms with Gasteiger partial charge in [-0.1, -0.05) is 44.2 Å². The molecule has 10 heteroatoms. The number of amides is 1. The number of esters is 2. The van der Waals surface area contributed by atoms with E-state index in [4.69, 9.17) is 29.7 Å². The first-order chi connectivity index (χ1) is 19.8. The molecule has 3 aromatic rings. The Balaban J connectivity index is 1.71. The molecule has 2 heterocycles. The van der Waals surface area contributed by atoms with Crippen molar-refractivity contribution >= 4 is 28.7 Å². The van der Waals surface area contributed by atoms with E-state index in [0.717, 1.165) is 10.9 Å². The highest BCUT2D eigenvalue weighted by Gasteiger charge is 2.54. The first-order valence-corrected chi connectivity index (χ1v) is 13.9. The molecular formula is C32H39N3O7. The van der Waals surface area contributed by atoms with E-state index in [-0.39, 0.29) is 13.0 Å². The van der Waals surface area contributed by atoms with Crippen LogP contribution in [0.25, 0.3) is 22.2 Å². The number of carbonyl (C=O) groups is 3. The molecule has 4 rings (SSSR count). The second kappa shape index (κ2) is 12.0. The van der Waals surface area contributed by atoms with Crippen molar-refractivity contribution in [2.75, 3.05) is 20.8 Å². The molecule has 1 aliphatic heterocycles. The summed E-state index contributed by atoms with van der Waals surface area (Å²) >= 11 is 0. The van der Waals surface area contributed by atoms with Gasteiger partial charge in [-0.3, -0.25) is 4.79 Å². The Labute approximate surface area is 246 Å². The smallest absolute Gasteiger partial charge is 0.336 e. The number of ether oxygens (including phenoxy) is 4. The van der Waals surface area contributed by atoms with Gasteiger partial charge in [-0.05, 0) is 38.8 Å². The summed E-state index contributed by atoms with van der Waals surface area (Å²) < 4.78 is 22.5.